The summed E-state index contributed by atoms with van der Waals surface area (Å²) in [6.45, 7) is 2.41. The van der Waals surface area contributed by atoms with Crippen molar-refractivity contribution in [3.05, 3.63) is 0 Å². The van der Waals surface area contributed by atoms with Crippen molar-refractivity contribution in [3.63, 3.8) is 0 Å². The van der Waals surface area contributed by atoms with E-state index in [1.165, 1.54) is 44.9 Å². The molecular formula is C13H25NS. The van der Waals surface area contributed by atoms with Crippen molar-refractivity contribution in [3.8, 4) is 0 Å². The van der Waals surface area contributed by atoms with E-state index in [9.17, 15) is 0 Å². The highest BCUT2D eigenvalue weighted by Gasteiger charge is 2.30. The molecule has 2 fully saturated rings. The molecule has 2 aliphatic rings. The zero-order valence-electron chi connectivity index (χ0n) is 10.2. The van der Waals surface area contributed by atoms with Gasteiger partial charge in [0.25, 0.3) is 0 Å². The molecule has 0 aromatic carbocycles. The normalized spacial score (nSPS) is 34.8. The van der Waals surface area contributed by atoms with E-state index < -0.39 is 0 Å². The van der Waals surface area contributed by atoms with Crippen LogP contribution in [0.15, 0.2) is 0 Å². The second-order valence-corrected chi connectivity index (χ2v) is 6.39. The molecule has 0 aliphatic heterocycles. The maximum absolute atomic E-state index is 3.90. The molecular weight excluding hydrogens is 202 g/mol. The van der Waals surface area contributed by atoms with Crippen molar-refractivity contribution in [1.82, 2.24) is 5.32 Å². The van der Waals surface area contributed by atoms with Crippen LogP contribution < -0.4 is 5.32 Å². The van der Waals surface area contributed by atoms with E-state index in [1.54, 1.807) is 0 Å². The summed E-state index contributed by atoms with van der Waals surface area (Å²) in [4.78, 5) is 0. The maximum atomic E-state index is 3.90. The monoisotopic (exact) mass is 227 g/mol. The quantitative estimate of drug-likeness (QED) is 0.789. The summed E-state index contributed by atoms with van der Waals surface area (Å²) in [5.74, 6) is 0.966. The smallest absolute Gasteiger partial charge is 0.0198 e. The molecule has 3 unspecified atom stereocenters. The minimum absolute atomic E-state index is 0.755. The van der Waals surface area contributed by atoms with Gasteiger partial charge < -0.3 is 5.32 Å². The van der Waals surface area contributed by atoms with Crippen LogP contribution in [0.1, 0.15) is 51.9 Å². The lowest BCUT2D eigenvalue weighted by atomic mass is 9.99. The van der Waals surface area contributed by atoms with Crippen LogP contribution in [0.25, 0.3) is 0 Å². The largest absolute Gasteiger partial charge is 0.310 e. The van der Waals surface area contributed by atoms with Crippen LogP contribution in [0.3, 0.4) is 0 Å². The first-order chi connectivity index (χ1) is 7.31. The lowest BCUT2D eigenvalue weighted by Gasteiger charge is -2.27. The van der Waals surface area contributed by atoms with Crippen molar-refractivity contribution in [2.45, 2.75) is 69.2 Å². The second-order valence-electron chi connectivity index (χ2n) is 5.31. The van der Waals surface area contributed by atoms with Crippen LogP contribution >= 0.6 is 11.8 Å². The molecule has 2 saturated carbocycles. The Labute approximate surface area is 98.8 Å². The van der Waals surface area contributed by atoms with Crippen LogP contribution in [0, 0.1) is 5.92 Å². The molecule has 0 aromatic rings. The molecule has 2 aliphatic carbocycles. The van der Waals surface area contributed by atoms with Crippen LogP contribution in [0.5, 0.6) is 0 Å². The Morgan fingerprint density at radius 1 is 1.07 bits per heavy atom. The molecule has 0 aromatic heterocycles. The Balaban J connectivity index is 1.79. The summed E-state index contributed by atoms with van der Waals surface area (Å²) < 4.78 is 0. The number of hydrogen-bond acceptors (Lipinski definition) is 2. The average Bonchev–Trinajstić information content (AvgIpc) is 2.87. The van der Waals surface area contributed by atoms with Crippen molar-refractivity contribution >= 4 is 11.8 Å². The van der Waals surface area contributed by atoms with Gasteiger partial charge in [0.05, 0.1) is 0 Å². The summed E-state index contributed by atoms with van der Waals surface area (Å²) in [7, 11) is 0. The molecule has 1 nitrogen and oxygen atoms in total. The molecule has 0 bridgehead atoms. The molecule has 0 spiro atoms. The Morgan fingerprint density at radius 3 is 2.47 bits per heavy atom. The minimum atomic E-state index is 0.755. The molecule has 1 N–H and O–H groups in total. The van der Waals surface area contributed by atoms with E-state index >= 15 is 0 Å². The van der Waals surface area contributed by atoms with E-state index in [4.69, 9.17) is 0 Å². The molecule has 2 rings (SSSR count). The summed E-state index contributed by atoms with van der Waals surface area (Å²) in [5, 5.41) is 4.78. The van der Waals surface area contributed by atoms with Gasteiger partial charge in [-0.25, -0.2) is 0 Å². The molecule has 0 saturated heterocycles. The van der Waals surface area contributed by atoms with Crippen LogP contribution in [-0.2, 0) is 0 Å². The minimum Gasteiger partial charge on any atom is -0.310 e. The number of thioether (sulfide) groups is 1. The Morgan fingerprint density at radius 2 is 1.80 bits per heavy atom. The van der Waals surface area contributed by atoms with Gasteiger partial charge in [0.15, 0.2) is 0 Å². The van der Waals surface area contributed by atoms with Gasteiger partial charge in [-0.05, 0) is 44.8 Å². The molecule has 0 amide bonds. The summed E-state index contributed by atoms with van der Waals surface area (Å²) in [5.41, 5.74) is 0. The predicted molar refractivity (Wildman–Crippen MR) is 69.5 cm³/mol. The molecule has 0 radical (unpaired) electrons. The summed E-state index contributed by atoms with van der Waals surface area (Å²) in [6.07, 6.45) is 12.4. The van der Waals surface area contributed by atoms with Crippen molar-refractivity contribution < 1.29 is 0 Å². The zero-order chi connectivity index (χ0) is 10.7. The summed E-state index contributed by atoms with van der Waals surface area (Å²) in [6, 6.07) is 1.56. The molecule has 3 atom stereocenters. The van der Waals surface area contributed by atoms with E-state index in [1.807, 2.05) is 0 Å². The van der Waals surface area contributed by atoms with Crippen LogP contribution in [-0.4, -0.2) is 23.6 Å². The Bertz CT molecular complexity index is 189. The van der Waals surface area contributed by atoms with E-state index in [2.05, 4.69) is 30.3 Å². The average molecular weight is 227 g/mol. The maximum Gasteiger partial charge on any atom is 0.0198 e. The van der Waals surface area contributed by atoms with Gasteiger partial charge in [-0.2, -0.15) is 11.8 Å². The highest BCUT2D eigenvalue weighted by Crippen LogP contribution is 2.32. The van der Waals surface area contributed by atoms with E-state index in [0.717, 1.165) is 23.3 Å². The molecule has 0 heterocycles. The first-order valence-electron chi connectivity index (χ1n) is 6.60. The standard InChI is InChI=1S/C13H25NS/c1-10(11-6-3-4-7-11)14-12-8-5-9-13(12)15-2/h10-14H,3-9H2,1-2H3. The fourth-order valence-electron chi connectivity index (χ4n) is 3.33. The third-order valence-electron chi connectivity index (χ3n) is 4.34. The zero-order valence-corrected chi connectivity index (χ0v) is 11.0. The first-order valence-corrected chi connectivity index (χ1v) is 7.89. The van der Waals surface area contributed by atoms with E-state index in [-0.39, 0.29) is 0 Å². The van der Waals surface area contributed by atoms with Gasteiger partial charge in [-0.3, -0.25) is 0 Å². The van der Waals surface area contributed by atoms with Gasteiger partial charge in [0.2, 0.25) is 0 Å². The van der Waals surface area contributed by atoms with Gasteiger partial charge >= 0.3 is 0 Å². The predicted octanol–water partition coefficient (Wildman–Crippen LogP) is 3.44. The summed E-state index contributed by atoms with van der Waals surface area (Å²) >= 11 is 2.06. The third kappa shape index (κ3) is 2.91. The highest BCUT2D eigenvalue weighted by atomic mass is 32.2. The van der Waals surface area contributed by atoms with Crippen molar-refractivity contribution in [2.75, 3.05) is 6.26 Å². The lowest BCUT2D eigenvalue weighted by molar-refractivity contribution is 0.344. The van der Waals surface area contributed by atoms with Crippen LogP contribution in [0.2, 0.25) is 0 Å². The SMILES string of the molecule is CSC1CCCC1NC(C)C1CCCC1. The number of rotatable bonds is 4. The number of nitrogens with one attached hydrogen (secondary N) is 1. The highest BCUT2D eigenvalue weighted by molar-refractivity contribution is 7.99. The first kappa shape index (κ1) is 11.8. The molecule has 15 heavy (non-hydrogen) atoms. The Kier molecular flexibility index (Phi) is 4.39. The van der Waals surface area contributed by atoms with Gasteiger partial charge in [-0.15, -0.1) is 0 Å². The van der Waals surface area contributed by atoms with E-state index in [0.29, 0.717) is 0 Å². The fourth-order valence-corrected chi connectivity index (χ4v) is 4.28. The fraction of sp³-hybridized carbons (Fsp3) is 1.00. The van der Waals surface area contributed by atoms with Gasteiger partial charge in [0.1, 0.15) is 0 Å². The van der Waals surface area contributed by atoms with Crippen molar-refractivity contribution in [2.24, 2.45) is 5.92 Å². The second kappa shape index (κ2) is 5.58. The Hall–Kier alpha value is 0.310. The lowest BCUT2D eigenvalue weighted by Crippen LogP contribution is -2.43. The van der Waals surface area contributed by atoms with Gasteiger partial charge in [-0.1, -0.05) is 19.3 Å². The molecule has 2 heteroatoms. The van der Waals surface area contributed by atoms with Crippen molar-refractivity contribution in [1.29, 1.82) is 0 Å². The third-order valence-corrected chi connectivity index (χ3v) is 5.51. The number of hydrogen-bond donors (Lipinski definition) is 1. The van der Waals surface area contributed by atoms with Crippen LogP contribution in [0.4, 0.5) is 0 Å². The van der Waals surface area contributed by atoms with Gasteiger partial charge in [0, 0.05) is 17.3 Å². The topological polar surface area (TPSA) is 12.0 Å². The molecule has 88 valence electrons.